The summed E-state index contributed by atoms with van der Waals surface area (Å²) in [6, 6.07) is 15.3. The molecule has 38 heavy (non-hydrogen) atoms. The van der Waals surface area contributed by atoms with E-state index in [9.17, 15) is 17.6 Å². The van der Waals surface area contributed by atoms with Gasteiger partial charge in [-0.05, 0) is 48.7 Å². The van der Waals surface area contributed by atoms with E-state index < -0.39 is 12.6 Å². The van der Waals surface area contributed by atoms with E-state index in [1.54, 1.807) is 12.1 Å². The van der Waals surface area contributed by atoms with Gasteiger partial charge in [0.2, 0.25) is 0 Å². The molecule has 1 unspecified atom stereocenters. The Bertz CT molecular complexity index is 973. The van der Waals surface area contributed by atoms with Crippen LogP contribution in [0.3, 0.4) is 0 Å². The van der Waals surface area contributed by atoms with Crippen molar-refractivity contribution in [2.45, 2.75) is 102 Å². The first kappa shape index (κ1) is 30.7. The highest BCUT2D eigenvalue weighted by atomic mass is 35.5. The van der Waals surface area contributed by atoms with Crippen LogP contribution in [0.5, 0.6) is 0 Å². The summed E-state index contributed by atoms with van der Waals surface area (Å²) in [5.74, 6) is -0.227. The van der Waals surface area contributed by atoms with Gasteiger partial charge in [-0.25, -0.2) is 4.39 Å². The SMILES string of the molecule is Fc1ccc(Cl)cc1C1=CC(c2ccccc2)N(CCCCCCCCCCCCCCCC(F)(F)F)C1. The fourth-order valence-corrected chi connectivity index (χ4v) is 5.52. The second-order valence-electron chi connectivity index (χ2n) is 10.6. The highest BCUT2D eigenvalue weighted by molar-refractivity contribution is 6.30. The summed E-state index contributed by atoms with van der Waals surface area (Å²) in [5.41, 5.74) is 2.83. The lowest BCUT2D eigenvalue weighted by atomic mass is 10.0. The fraction of sp³-hybridized carbons (Fsp3) is 0.562. The van der Waals surface area contributed by atoms with Gasteiger partial charge in [-0.15, -0.1) is 0 Å². The monoisotopic (exact) mass is 551 g/mol. The molecule has 1 nitrogen and oxygen atoms in total. The summed E-state index contributed by atoms with van der Waals surface area (Å²) in [7, 11) is 0. The molecule has 3 rings (SSSR count). The average molecular weight is 552 g/mol. The minimum atomic E-state index is -4.00. The minimum absolute atomic E-state index is 0.147. The van der Waals surface area contributed by atoms with Crippen LogP contribution in [0.2, 0.25) is 5.02 Å². The van der Waals surface area contributed by atoms with Crippen molar-refractivity contribution in [1.82, 2.24) is 4.90 Å². The van der Waals surface area contributed by atoms with Gasteiger partial charge in [-0.2, -0.15) is 13.2 Å². The maximum atomic E-state index is 14.5. The van der Waals surface area contributed by atoms with Gasteiger partial charge in [0.15, 0.2) is 0 Å². The number of hydrogen-bond acceptors (Lipinski definition) is 1. The van der Waals surface area contributed by atoms with Gasteiger partial charge in [0.1, 0.15) is 5.82 Å². The molecule has 0 fully saturated rings. The summed E-state index contributed by atoms with van der Waals surface area (Å²) < 4.78 is 50.9. The predicted octanol–water partition coefficient (Wildman–Crippen LogP) is 10.9. The van der Waals surface area contributed by atoms with Crippen molar-refractivity contribution >= 4 is 17.2 Å². The fourth-order valence-electron chi connectivity index (χ4n) is 5.34. The van der Waals surface area contributed by atoms with Crippen LogP contribution in [-0.4, -0.2) is 24.2 Å². The van der Waals surface area contributed by atoms with Crippen LogP contribution in [0.4, 0.5) is 17.6 Å². The van der Waals surface area contributed by atoms with E-state index in [1.807, 2.05) is 6.07 Å². The molecule has 0 radical (unpaired) electrons. The molecule has 1 aliphatic rings. The van der Waals surface area contributed by atoms with E-state index in [2.05, 4.69) is 35.2 Å². The number of hydrogen-bond donors (Lipinski definition) is 0. The number of nitrogens with zero attached hydrogens (tertiary/aromatic N) is 1. The van der Waals surface area contributed by atoms with Crippen molar-refractivity contribution in [3.8, 4) is 0 Å². The highest BCUT2D eigenvalue weighted by Crippen LogP contribution is 2.36. The average Bonchev–Trinajstić information content (AvgIpc) is 3.31. The molecule has 1 atom stereocenters. The first-order valence-corrected chi connectivity index (χ1v) is 14.7. The predicted molar refractivity (Wildman–Crippen MR) is 151 cm³/mol. The van der Waals surface area contributed by atoms with Crippen LogP contribution in [0, 0.1) is 5.82 Å². The summed E-state index contributed by atoms with van der Waals surface area (Å²) in [4.78, 5) is 2.44. The molecule has 0 spiro atoms. The van der Waals surface area contributed by atoms with E-state index in [-0.39, 0.29) is 18.3 Å². The van der Waals surface area contributed by atoms with Gasteiger partial charge in [0, 0.05) is 23.6 Å². The Balaban J connectivity index is 1.28. The van der Waals surface area contributed by atoms with Crippen molar-refractivity contribution in [2.24, 2.45) is 0 Å². The molecule has 0 aromatic heterocycles. The summed E-state index contributed by atoms with van der Waals surface area (Å²) in [6.07, 6.45) is 11.3. The van der Waals surface area contributed by atoms with E-state index in [1.165, 1.54) is 56.6 Å². The number of alkyl halides is 3. The Labute approximate surface area is 231 Å². The zero-order valence-corrected chi connectivity index (χ0v) is 23.2. The molecular weight excluding hydrogens is 510 g/mol. The Morgan fingerprint density at radius 3 is 1.87 bits per heavy atom. The third kappa shape index (κ3) is 11.1. The van der Waals surface area contributed by atoms with Gasteiger partial charge in [0.25, 0.3) is 0 Å². The smallest absolute Gasteiger partial charge is 0.289 e. The standard InChI is InChI=1S/C32H42ClF4N/c33-28-19-20-30(34)29(24-28)27-23-31(26-17-13-12-14-18-26)38(25-27)22-16-11-9-7-5-3-1-2-4-6-8-10-15-21-32(35,36)37/h12-14,17-20,23-24,31H,1-11,15-16,21-22,25H2. The molecule has 2 aromatic rings. The molecule has 2 aromatic carbocycles. The van der Waals surface area contributed by atoms with Crippen molar-refractivity contribution in [2.75, 3.05) is 13.1 Å². The third-order valence-electron chi connectivity index (χ3n) is 7.45. The number of unbranched alkanes of at least 4 members (excludes halogenated alkanes) is 12. The zero-order valence-electron chi connectivity index (χ0n) is 22.4. The summed E-state index contributed by atoms with van der Waals surface area (Å²) >= 11 is 6.16. The van der Waals surface area contributed by atoms with Gasteiger partial charge < -0.3 is 0 Å². The van der Waals surface area contributed by atoms with E-state index in [4.69, 9.17) is 11.6 Å². The quantitative estimate of drug-likeness (QED) is 0.139. The van der Waals surface area contributed by atoms with Gasteiger partial charge in [-0.1, -0.05) is 119 Å². The van der Waals surface area contributed by atoms with Gasteiger partial charge in [-0.3, -0.25) is 4.90 Å². The van der Waals surface area contributed by atoms with Crippen LogP contribution in [0.25, 0.3) is 5.57 Å². The first-order chi connectivity index (χ1) is 18.3. The largest absolute Gasteiger partial charge is 0.389 e. The molecule has 6 heteroatoms. The lowest BCUT2D eigenvalue weighted by molar-refractivity contribution is -0.135. The van der Waals surface area contributed by atoms with Crippen molar-refractivity contribution in [3.63, 3.8) is 0 Å². The van der Waals surface area contributed by atoms with Crippen LogP contribution in [0.15, 0.2) is 54.6 Å². The van der Waals surface area contributed by atoms with E-state index in [0.29, 0.717) is 17.0 Å². The van der Waals surface area contributed by atoms with Gasteiger partial charge in [0.05, 0.1) is 6.04 Å². The number of benzene rings is 2. The minimum Gasteiger partial charge on any atom is -0.289 e. The van der Waals surface area contributed by atoms with Crippen LogP contribution in [0.1, 0.15) is 107 Å². The normalized spacial score (nSPS) is 16.2. The Morgan fingerprint density at radius 2 is 1.29 bits per heavy atom. The van der Waals surface area contributed by atoms with Crippen molar-refractivity contribution in [3.05, 3.63) is 76.6 Å². The van der Waals surface area contributed by atoms with E-state index in [0.717, 1.165) is 44.3 Å². The van der Waals surface area contributed by atoms with Crippen molar-refractivity contribution in [1.29, 1.82) is 0 Å². The molecule has 1 heterocycles. The molecule has 0 amide bonds. The lowest BCUT2D eigenvalue weighted by Crippen LogP contribution is -2.25. The van der Waals surface area contributed by atoms with Crippen LogP contribution >= 0.6 is 11.6 Å². The molecule has 210 valence electrons. The Morgan fingerprint density at radius 1 is 0.737 bits per heavy atom. The zero-order chi connectivity index (χ0) is 27.2. The number of halogens is 5. The highest BCUT2D eigenvalue weighted by Gasteiger charge is 2.28. The maximum absolute atomic E-state index is 14.5. The van der Waals surface area contributed by atoms with Gasteiger partial charge >= 0.3 is 6.18 Å². The molecule has 0 saturated carbocycles. The molecule has 0 saturated heterocycles. The molecule has 0 bridgehead atoms. The maximum Gasteiger partial charge on any atom is 0.389 e. The Kier molecular flexibility index (Phi) is 13.2. The van der Waals surface area contributed by atoms with Crippen molar-refractivity contribution < 1.29 is 17.6 Å². The van der Waals surface area contributed by atoms with Crippen LogP contribution < -0.4 is 0 Å². The molecular formula is C32H42ClF4N. The number of rotatable bonds is 17. The second kappa shape index (κ2) is 16.3. The third-order valence-corrected chi connectivity index (χ3v) is 7.68. The van der Waals surface area contributed by atoms with E-state index >= 15 is 0 Å². The second-order valence-corrected chi connectivity index (χ2v) is 11.0. The lowest BCUT2D eigenvalue weighted by Gasteiger charge is -2.25. The molecule has 0 N–H and O–H groups in total. The Hall–Kier alpha value is -1.85. The first-order valence-electron chi connectivity index (χ1n) is 14.4. The summed E-state index contributed by atoms with van der Waals surface area (Å²) in [6.45, 7) is 1.70. The molecule has 0 aliphatic carbocycles. The van der Waals surface area contributed by atoms with Crippen LogP contribution in [-0.2, 0) is 0 Å². The molecule has 1 aliphatic heterocycles. The topological polar surface area (TPSA) is 3.24 Å². The summed E-state index contributed by atoms with van der Waals surface area (Å²) in [5, 5.41) is 0.553.